The average Bonchev–Trinajstić information content (AvgIpc) is 2.65. The molecule has 0 aliphatic heterocycles. The molecular formula is C20H27N3O2. The second-order valence-corrected chi connectivity index (χ2v) is 5.75. The van der Waals surface area contributed by atoms with Gasteiger partial charge >= 0.3 is 0 Å². The van der Waals surface area contributed by atoms with E-state index in [0.29, 0.717) is 6.54 Å². The molecule has 134 valence electrons. The first-order valence-electron chi connectivity index (χ1n) is 8.37. The summed E-state index contributed by atoms with van der Waals surface area (Å²) in [6.45, 7) is 3.57. The van der Waals surface area contributed by atoms with E-state index in [1.165, 1.54) is 11.1 Å². The van der Waals surface area contributed by atoms with E-state index in [9.17, 15) is 0 Å². The van der Waals surface area contributed by atoms with E-state index in [1.807, 2.05) is 25.1 Å². The summed E-state index contributed by atoms with van der Waals surface area (Å²) in [6, 6.07) is 14.3. The summed E-state index contributed by atoms with van der Waals surface area (Å²) >= 11 is 0. The van der Waals surface area contributed by atoms with Gasteiger partial charge < -0.3 is 20.1 Å². The van der Waals surface area contributed by atoms with Gasteiger partial charge in [0.2, 0.25) is 0 Å². The van der Waals surface area contributed by atoms with E-state index < -0.39 is 0 Å². The Kier molecular flexibility index (Phi) is 7.14. The molecule has 0 heterocycles. The quantitative estimate of drug-likeness (QED) is 0.601. The number of aliphatic imine (C=N–C) groups is 1. The number of methoxy groups -OCH3 is 2. The molecule has 0 unspecified atom stereocenters. The minimum Gasteiger partial charge on any atom is -0.497 e. The fraction of sp³-hybridized carbons (Fsp3) is 0.350. The highest BCUT2D eigenvalue weighted by Gasteiger charge is 2.02. The molecule has 2 aromatic carbocycles. The number of guanidine groups is 1. The zero-order chi connectivity index (χ0) is 18.1. The van der Waals surface area contributed by atoms with Crippen molar-refractivity contribution in [3.8, 4) is 11.5 Å². The molecule has 0 aliphatic rings. The van der Waals surface area contributed by atoms with Gasteiger partial charge in [-0.15, -0.1) is 0 Å². The van der Waals surface area contributed by atoms with Crippen LogP contribution in [0.5, 0.6) is 11.5 Å². The van der Waals surface area contributed by atoms with Gasteiger partial charge in [0.15, 0.2) is 5.96 Å². The third kappa shape index (κ3) is 5.71. The van der Waals surface area contributed by atoms with E-state index in [-0.39, 0.29) is 0 Å². The van der Waals surface area contributed by atoms with Crippen LogP contribution in [-0.4, -0.2) is 33.8 Å². The summed E-state index contributed by atoms with van der Waals surface area (Å²) in [5.41, 5.74) is 3.58. The van der Waals surface area contributed by atoms with E-state index in [4.69, 9.17) is 9.47 Å². The molecule has 0 saturated heterocycles. The number of ether oxygens (including phenoxy) is 2. The first kappa shape index (κ1) is 18.6. The molecule has 25 heavy (non-hydrogen) atoms. The lowest BCUT2D eigenvalue weighted by Gasteiger charge is -2.13. The van der Waals surface area contributed by atoms with Crippen LogP contribution in [0.15, 0.2) is 47.5 Å². The largest absolute Gasteiger partial charge is 0.497 e. The molecule has 0 spiro atoms. The maximum atomic E-state index is 5.29. The molecule has 2 aromatic rings. The molecule has 2 N–H and O–H groups in total. The van der Waals surface area contributed by atoms with E-state index >= 15 is 0 Å². The number of nitrogens with zero attached hydrogens (tertiary/aromatic N) is 1. The van der Waals surface area contributed by atoms with Gasteiger partial charge in [-0.2, -0.15) is 0 Å². The third-order valence-corrected chi connectivity index (χ3v) is 4.01. The van der Waals surface area contributed by atoms with Crippen molar-refractivity contribution in [3.63, 3.8) is 0 Å². The average molecular weight is 341 g/mol. The van der Waals surface area contributed by atoms with Gasteiger partial charge in [-0.25, -0.2) is 0 Å². The normalized spacial score (nSPS) is 11.1. The van der Waals surface area contributed by atoms with Gasteiger partial charge in [-0.1, -0.05) is 24.3 Å². The molecule has 5 nitrogen and oxygen atoms in total. The van der Waals surface area contributed by atoms with Gasteiger partial charge in [0.25, 0.3) is 0 Å². The summed E-state index contributed by atoms with van der Waals surface area (Å²) in [4.78, 5) is 4.27. The van der Waals surface area contributed by atoms with Crippen molar-refractivity contribution in [1.29, 1.82) is 0 Å². The number of hydrogen-bond donors (Lipinski definition) is 2. The molecule has 0 fully saturated rings. The Hall–Kier alpha value is -2.69. The van der Waals surface area contributed by atoms with Gasteiger partial charge in [0, 0.05) is 20.1 Å². The van der Waals surface area contributed by atoms with Crippen LogP contribution in [0.1, 0.15) is 16.7 Å². The smallest absolute Gasteiger partial charge is 0.191 e. The Bertz CT molecular complexity index is 697. The van der Waals surface area contributed by atoms with Crippen LogP contribution in [0.3, 0.4) is 0 Å². The standard InChI is InChI=1S/C20H27N3O2/c1-15-13-17(7-10-19(15)25-4)14-23-20(21-2)22-12-11-16-5-8-18(24-3)9-6-16/h5-10,13H,11-12,14H2,1-4H3,(H2,21,22,23). The fourth-order valence-corrected chi connectivity index (χ4v) is 2.57. The molecule has 0 radical (unpaired) electrons. The summed E-state index contributed by atoms with van der Waals surface area (Å²) in [5, 5.41) is 6.67. The van der Waals surface area contributed by atoms with E-state index in [2.05, 4.69) is 39.9 Å². The molecule has 0 amide bonds. The second-order valence-electron chi connectivity index (χ2n) is 5.75. The van der Waals surface area contributed by atoms with Crippen LogP contribution in [0.2, 0.25) is 0 Å². The predicted molar refractivity (Wildman–Crippen MR) is 103 cm³/mol. The first-order chi connectivity index (χ1) is 12.2. The SMILES string of the molecule is CN=C(NCCc1ccc(OC)cc1)NCc1ccc(OC)c(C)c1. The number of aryl methyl sites for hydroxylation is 1. The number of rotatable bonds is 7. The third-order valence-electron chi connectivity index (χ3n) is 4.01. The first-order valence-corrected chi connectivity index (χ1v) is 8.37. The highest BCUT2D eigenvalue weighted by Crippen LogP contribution is 2.18. The zero-order valence-electron chi connectivity index (χ0n) is 15.4. The lowest BCUT2D eigenvalue weighted by atomic mass is 10.1. The summed E-state index contributed by atoms with van der Waals surface area (Å²) in [6.07, 6.45) is 0.923. The van der Waals surface area contributed by atoms with Crippen molar-refractivity contribution in [2.45, 2.75) is 19.9 Å². The molecule has 0 bridgehead atoms. The Balaban J connectivity index is 1.79. The van der Waals surface area contributed by atoms with Gasteiger partial charge in [0.1, 0.15) is 11.5 Å². The van der Waals surface area contributed by atoms with Crippen molar-refractivity contribution >= 4 is 5.96 Å². The summed E-state index contributed by atoms with van der Waals surface area (Å²) < 4.78 is 10.5. The highest BCUT2D eigenvalue weighted by molar-refractivity contribution is 5.79. The Morgan fingerprint density at radius 2 is 1.68 bits per heavy atom. The number of hydrogen-bond acceptors (Lipinski definition) is 3. The van der Waals surface area contributed by atoms with Crippen molar-refractivity contribution in [1.82, 2.24) is 10.6 Å². The highest BCUT2D eigenvalue weighted by atomic mass is 16.5. The van der Waals surface area contributed by atoms with Crippen LogP contribution >= 0.6 is 0 Å². The maximum absolute atomic E-state index is 5.29. The Labute approximate surface area is 150 Å². The Morgan fingerprint density at radius 3 is 2.28 bits per heavy atom. The molecule has 0 aliphatic carbocycles. The van der Waals surface area contributed by atoms with Crippen molar-refractivity contribution in [3.05, 3.63) is 59.2 Å². The van der Waals surface area contributed by atoms with Crippen LogP contribution in [0.4, 0.5) is 0 Å². The zero-order valence-corrected chi connectivity index (χ0v) is 15.4. The topological polar surface area (TPSA) is 54.9 Å². The van der Waals surface area contributed by atoms with Crippen LogP contribution in [0, 0.1) is 6.92 Å². The number of benzene rings is 2. The minimum atomic E-state index is 0.715. The van der Waals surface area contributed by atoms with Crippen molar-refractivity contribution < 1.29 is 9.47 Å². The lowest BCUT2D eigenvalue weighted by Crippen LogP contribution is -2.37. The molecule has 2 rings (SSSR count). The van der Waals surface area contributed by atoms with Crippen LogP contribution in [0.25, 0.3) is 0 Å². The molecule has 0 aromatic heterocycles. The van der Waals surface area contributed by atoms with Gasteiger partial charge in [0.05, 0.1) is 14.2 Å². The monoisotopic (exact) mass is 341 g/mol. The number of nitrogens with one attached hydrogen (secondary N) is 2. The Morgan fingerprint density at radius 1 is 0.960 bits per heavy atom. The maximum Gasteiger partial charge on any atom is 0.191 e. The van der Waals surface area contributed by atoms with Crippen molar-refractivity contribution in [2.24, 2.45) is 4.99 Å². The van der Waals surface area contributed by atoms with Gasteiger partial charge in [-0.3, -0.25) is 4.99 Å². The molecular weight excluding hydrogens is 314 g/mol. The van der Waals surface area contributed by atoms with Gasteiger partial charge in [-0.05, 0) is 48.2 Å². The summed E-state index contributed by atoms with van der Waals surface area (Å²) in [7, 11) is 5.15. The minimum absolute atomic E-state index is 0.715. The molecule has 0 atom stereocenters. The fourth-order valence-electron chi connectivity index (χ4n) is 2.57. The molecule has 0 saturated carbocycles. The van der Waals surface area contributed by atoms with Crippen molar-refractivity contribution in [2.75, 3.05) is 27.8 Å². The van der Waals surface area contributed by atoms with Crippen LogP contribution in [-0.2, 0) is 13.0 Å². The van der Waals surface area contributed by atoms with E-state index in [0.717, 1.165) is 36.0 Å². The van der Waals surface area contributed by atoms with E-state index in [1.54, 1.807) is 21.3 Å². The summed E-state index contributed by atoms with van der Waals surface area (Å²) in [5.74, 6) is 2.58. The molecule has 5 heteroatoms. The second kappa shape index (κ2) is 9.57. The lowest BCUT2D eigenvalue weighted by molar-refractivity contribution is 0.411. The van der Waals surface area contributed by atoms with Crippen LogP contribution < -0.4 is 20.1 Å². The predicted octanol–water partition coefficient (Wildman–Crippen LogP) is 2.92.